The van der Waals surface area contributed by atoms with E-state index < -0.39 is 29.4 Å². The summed E-state index contributed by atoms with van der Waals surface area (Å²) in [5.74, 6) is -0.621. The molecule has 0 aromatic carbocycles. The van der Waals surface area contributed by atoms with E-state index in [1.807, 2.05) is 0 Å². The molecule has 0 radical (unpaired) electrons. The Labute approximate surface area is 226 Å². The molecule has 13 nitrogen and oxygen atoms in total. The number of amides is 3. The molecule has 0 spiro atoms. The molecule has 0 aliphatic carbocycles. The number of esters is 1. The van der Waals surface area contributed by atoms with E-state index in [1.165, 1.54) is 16.9 Å². The van der Waals surface area contributed by atoms with Gasteiger partial charge in [-0.2, -0.15) is 0 Å². The van der Waals surface area contributed by atoms with Crippen LogP contribution in [0.25, 0.3) is 10.4 Å². The topological polar surface area (TPSA) is 163 Å². The number of methoxy groups -OCH3 is 1. The van der Waals surface area contributed by atoms with Gasteiger partial charge in [0.1, 0.15) is 11.2 Å². The Morgan fingerprint density at radius 1 is 0.789 bits per heavy atom. The van der Waals surface area contributed by atoms with Crippen LogP contribution in [-0.4, -0.2) is 91.4 Å². The van der Waals surface area contributed by atoms with E-state index in [0.717, 1.165) is 0 Å². The van der Waals surface area contributed by atoms with Crippen LogP contribution in [-0.2, 0) is 23.8 Å². The Kier molecular flexibility index (Phi) is 16.6. The zero-order valence-electron chi connectivity index (χ0n) is 24.1. The number of hydrogen-bond donors (Lipinski definition) is 1. The number of nitrogens with one attached hydrogen (secondary N) is 1. The molecule has 0 bridgehead atoms. The van der Waals surface area contributed by atoms with Crippen LogP contribution in [0.3, 0.4) is 0 Å². The van der Waals surface area contributed by atoms with E-state index in [2.05, 4.69) is 20.1 Å². The molecule has 13 heteroatoms. The highest BCUT2D eigenvalue weighted by Crippen LogP contribution is 2.12. The van der Waals surface area contributed by atoms with Gasteiger partial charge in [0.2, 0.25) is 5.91 Å². The number of ether oxygens (including phenoxy) is 3. The van der Waals surface area contributed by atoms with Gasteiger partial charge in [0, 0.05) is 50.6 Å². The molecule has 0 saturated carbocycles. The molecule has 0 unspecified atom stereocenters. The van der Waals surface area contributed by atoms with E-state index in [-0.39, 0.29) is 31.8 Å². The van der Waals surface area contributed by atoms with E-state index in [0.29, 0.717) is 51.9 Å². The number of carbonyl (C=O) groups is 4. The third-order valence-electron chi connectivity index (χ3n) is 4.90. The predicted molar refractivity (Wildman–Crippen MR) is 142 cm³/mol. The summed E-state index contributed by atoms with van der Waals surface area (Å²) in [6.07, 6.45) is 1.61. The van der Waals surface area contributed by atoms with Crippen molar-refractivity contribution in [3.05, 3.63) is 10.4 Å². The minimum Gasteiger partial charge on any atom is -0.469 e. The quantitative estimate of drug-likeness (QED) is 0.0754. The van der Waals surface area contributed by atoms with Crippen LogP contribution in [0.1, 0.15) is 80.1 Å². The normalized spacial score (nSPS) is 11.1. The Morgan fingerprint density at radius 2 is 1.29 bits per heavy atom. The van der Waals surface area contributed by atoms with Crippen molar-refractivity contribution in [1.29, 1.82) is 0 Å². The first-order valence-corrected chi connectivity index (χ1v) is 13.0. The Morgan fingerprint density at radius 3 is 1.76 bits per heavy atom. The summed E-state index contributed by atoms with van der Waals surface area (Å²) < 4.78 is 15.5. The summed E-state index contributed by atoms with van der Waals surface area (Å²) in [5, 5.41) is 6.31. The maximum absolute atomic E-state index is 12.5. The van der Waals surface area contributed by atoms with Gasteiger partial charge in [0.25, 0.3) is 0 Å². The number of hydrogen-bond acceptors (Lipinski definition) is 8. The van der Waals surface area contributed by atoms with Crippen molar-refractivity contribution in [2.75, 3.05) is 46.4 Å². The summed E-state index contributed by atoms with van der Waals surface area (Å²) in [6, 6.07) is 0. The van der Waals surface area contributed by atoms with Crippen LogP contribution in [0.2, 0.25) is 0 Å². The maximum atomic E-state index is 12.5. The number of unbranched alkanes of at least 4 members (excludes halogenated alkanes) is 2. The van der Waals surface area contributed by atoms with Gasteiger partial charge in [-0.05, 0) is 72.8 Å². The smallest absolute Gasteiger partial charge is 0.410 e. The third-order valence-corrected chi connectivity index (χ3v) is 4.90. The SMILES string of the molecule is COC(=O)CCN(CCCCNC(=O)CCN(CCCCN=[N+]=[N-])C(=O)OC(C)(C)C)C(=O)OC(C)(C)C. The number of nitrogens with zero attached hydrogens (tertiary/aromatic N) is 5. The van der Waals surface area contributed by atoms with Crippen molar-refractivity contribution in [3.63, 3.8) is 0 Å². The summed E-state index contributed by atoms with van der Waals surface area (Å²) in [6.45, 7) is 12.5. The van der Waals surface area contributed by atoms with Gasteiger partial charge in [-0.3, -0.25) is 9.59 Å². The molecule has 0 saturated heterocycles. The Balaban J connectivity index is 4.63. The fraction of sp³-hybridized carbons (Fsp3) is 0.840. The number of carbonyl (C=O) groups excluding carboxylic acids is 4. The molecule has 0 aliphatic rings. The van der Waals surface area contributed by atoms with Crippen molar-refractivity contribution < 1.29 is 33.4 Å². The van der Waals surface area contributed by atoms with Gasteiger partial charge in [-0.25, -0.2) is 9.59 Å². The monoisotopic (exact) mass is 542 g/mol. The van der Waals surface area contributed by atoms with Crippen LogP contribution in [0.4, 0.5) is 9.59 Å². The first-order valence-electron chi connectivity index (χ1n) is 13.0. The molecule has 0 atom stereocenters. The highest BCUT2D eigenvalue weighted by atomic mass is 16.6. The Bertz CT molecular complexity index is 801. The van der Waals surface area contributed by atoms with Crippen LogP contribution in [0.15, 0.2) is 5.11 Å². The van der Waals surface area contributed by atoms with E-state index in [4.69, 9.17) is 15.0 Å². The van der Waals surface area contributed by atoms with Gasteiger partial charge in [-0.15, -0.1) is 0 Å². The van der Waals surface area contributed by atoms with E-state index in [1.54, 1.807) is 41.5 Å². The molecule has 0 fully saturated rings. The lowest BCUT2D eigenvalue weighted by molar-refractivity contribution is -0.140. The lowest BCUT2D eigenvalue weighted by atomic mass is 10.2. The lowest BCUT2D eigenvalue weighted by Gasteiger charge is -2.27. The number of azide groups is 1. The van der Waals surface area contributed by atoms with Gasteiger partial charge in [0.15, 0.2) is 0 Å². The second-order valence-corrected chi connectivity index (χ2v) is 10.7. The van der Waals surface area contributed by atoms with Gasteiger partial charge in [0.05, 0.1) is 13.5 Å². The largest absolute Gasteiger partial charge is 0.469 e. The van der Waals surface area contributed by atoms with Crippen LogP contribution in [0, 0.1) is 0 Å². The Hall–Kier alpha value is -3.21. The van der Waals surface area contributed by atoms with Crippen LogP contribution in [0.5, 0.6) is 0 Å². The molecular formula is C25H46N6O7. The summed E-state index contributed by atoms with van der Waals surface area (Å²) in [4.78, 5) is 54.5. The lowest BCUT2D eigenvalue weighted by Crippen LogP contribution is -2.40. The highest BCUT2D eigenvalue weighted by molar-refractivity contribution is 5.77. The predicted octanol–water partition coefficient (Wildman–Crippen LogP) is 4.40. The van der Waals surface area contributed by atoms with Crippen LogP contribution < -0.4 is 5.32 Å². The summed E-state index contributed by atoms with van der Waals surface area (Å²) in [5.41, 5.74) is 7.05. The highest BCUT2D eigenvalue weighted by Gasteiger charge is 2.23. The fourth-order valence-corrected chi connectivity index (χ4v) is 3.08. The molecule has 0 aromatic heterocycles. The number of rotatable bonds is 16. The van der Waals surface area contributed by atoms with E-state index >= 15 is 0 Å². The zero-order valence-corrected chi connectivity index (χ0v) is 24.1. The van der Waals surface area contributed by atoms with Gasteiger partial charge < -0.3 is 29.3 Å². The minimum absolute atomic E-state index is 0.0617. The minimum atomic E-state index is -0.660. The van der Waals surface area contributed by atoms with Crippen molar-refractivity contribution in [1.82, 2.24) is 15.1 Å². The second-order valence-electron chi connectivity index (χ2n) is 10.7. The van der Waals surface area contributed by atoms with Crippen molar-refractivity contribution in [2.24, 2.45) is 5.11 Å². The zero-order chi connectivity index (χ0) is 29.2. The first-order chi connectivity index (χ1) is 17.7. The van der Waals surface area contributed by atoms with Crippen molar-refractivity contribution in [3.8, 4) is 0 Å². The third kappa shape index (κ3) is 19.0. The molecule has 0 rings (SSSR count). The van der Waals surface area contributed by atoms with Gasteiger partial charge >= 0.3 is 18.2 Å². The molecule has 0 heterocycles. The molecule has 3 amide bonds. The molecule has 1 N–H and O–H groups in total. The molecule has 0 aromatic rings. The second kappa shape index (κ2) is 18.1. The average molecular weight is 543 g/mol. The maximum Gasteiger partial charge on any atom is 0.410 e. The molecule has 218 valence electrons. The van der Waals surface area contributed by atoms with Crippen molar-refractivity contribution >= 4 is 24.1 Å². The molecular weight excluding hydrogens is 496 g/mol. The molecule has 0 aliphatic heterocycles. The average Bonchev–Trinajstić information content (AvgIpc) is 2.79. The fourth-order valence-electron chi connectivity index (χ4n) is 3.08. The van der Waals surface area contributed by atoms with Crippen molar-refractivity contribution in [2.45, 2.75) is 91.3 Å². The first kappa shape index (κ1) is 34.8. The van der Waals surface area contributed by atoms with E-state index in [9.17, 15) is 19.2 Å². The summed E-state index contributed by atoms with van der Waals surface area (Å²) in [7, 11) is 1.29. The standard InChI is InChI=1S/C25H46N6O7/c1-24(2,3)37-22(34)30(17-11-9-15-28-29-26)18-12-20(32)27-14-8-10-16-31(19-13-21(33)36-7)23(35)38-25(4,5)6/h8-19H2,1-7H3,(H,27,32). The molecule has 38 heavy (non-hydrogen) atoms. The summed E-state index contributed by atoms with van der Waals surface area (Å²) >= 11 is 0. The van der Waals surface area contributed by atoms with Gasteiger partial charge in [-0.1, -0.05) is 5.11 Å². The van der Waals surface area contributed by atoms with Crippen LogP contribution >= 0.6 is 0 Å².